The first-order chi connectivity index (χ1) is 15.4. The first kappa shape index (κ1) is 22.8. The second kappa shape index (κ2) is 10.0. The van der Waals surface area contributed by atoms with Gasteiger partial charge < -0.3 is 9.32 Å². The maximum atomic E-state index is 13.2. The Morgan fingerprint density at radius 2 is 1.78 bits per heavy atom. The van der Waals surface area contributed by atoms with E-state index in [-0.39, 0.29) is 24.2 Å². The second-order valence-corrected chi connectivity index (χ2v) is 10.0. The number of nitrogens with one attached hydrogen (secondary N) is 1. The summed E-state index contributed by atoms with van der Waals surface area (Å²) >= 11 is 5.98. The average Bonchev–Trinajstić information content (AvgIpc) is 3.29. The summed E-state index contributed by atoms with van der Waals surface area (Å²) in [6.45, 7) is 3.14. The Kier molecular flexibility index (Phi) is 7.15. The molecule has 0 spiro atoms. The fourth-order valence-electron chi connectivity index (χ4n) is 3.94. The third kappa shape index (κ3) is 5.89. The molecule has 1 atom stereocenters. The number of hydrogen-bond donors (Lipinski definition) is 1. The third-order valence-corrected chi connectivity index (χ3v) is 7.12. The van der Waals surface area contributed by atoms with E-state index in [9.17, 15) is 12.8 Å². The number of hydrogen-bond acceptors (Lipinski definition) is 5. The van der Waals surface area contributed by atoms with Gasteiger partial charge in [0.2, 0.25) is 10.0 Å². The average molecular weight is 478 g/mol. The van der Waals surface area contributed by atoms with E-state index in [2.05, 4.69) is 14.5 Å². The van der Waals surface area contributed by atoms with Gasteiger partial charge in [-0.25, -0.2) is 17.5 Å². The van der Waals surface area contributed by atoms with Gasteiger partial charge >= 0.3 is 0 Å². The molecule has 0 radical (unpaired) electrons. The van der Waals surface area contributed by atoms with Gasteiger partial charge in [0.1, 0.15) is 11.6 Å². The quantitative estimate of drug-likeness (QED) is 0.530. The summed E-state index contributed by atoms with van der Waals surface area (Å²) in [5.74, 6) is 0.317. The molecule has 0 amide bonds. The van der Waals surface area contributed by atoms with Gasteiger partial charge in [0, 0.05) is 43.4 Å². The standard InChI is InChI=1S/C23H25ClFN3O3S/c24-19-4-1-3-18(15-19)17-32(29,30)26-16-22(23-5-2-14-31-23)28-12-10-27(11-13-28)21-8-6-20(25)7-9-21/h1-9,14-15,22,26H,10-13,16-17H2. The molecule has 1 N–H and O–H groups in total. The van der Waals surface area contributed by atoms with E-state index in [1.165, 1.54) is 12.1 Å². The van der Waals surface area contributed by atoms with Gasteiger partial charge in [0.25, 0.3) is 0 Å². The van der Waals surface area contributed by atoms with Crippen LogP contribution in [-0.4, -0.2) is 46.0 Å². The third-order valence-electron chi connectivity index (χ3n) is 5.56. The normalized spacial score (nSPS) is 16.2. The molecule has 170 valence electrons. The topological polar surface area (TPSA) is 65.8 Å². The largest absolute Gasteiger partial charge is 0.468 e. The van der Waals surface area contributed by atoms with E-state index in [1.54, 1.807) is 48.7 Å². The highest BCUT2D eigenvalue weighted by molar-refractivity contribution is 7.88. The van der Waals surface area contributed by atoms with Gasteiger partial charge in [-0.1, -0.05) is 23.7 Å². The summed E-state index contributed by atoms with van der Waals surface area (Å²) in [4.78, 5) is 4.40. The van der Waals surface area contributed by atoms with Gasteiger partial charge in [-0.3, -0.25) is 4.90 Å². The summed E-state index contributed by atoms with van der Waals surface area (Å²) in [5, 5.41) is 0.505. The maximum absolute atomic E-state index is 13.2. The summed E-state index contributed by atoms with van der Waals surface area (Å²) in [5.41, 5.74) is 1.61. The molecule has 0 bridgehead atoms. The number of halogens is 2. The van der Waals surface area contributed by atoms with Crippen molar-refractivity contribution in [3.8, 4) is 0 Å². The van der Waals surface area contributed by atoms with Crippen molar-refractivity contribution in [3.05, 3.63) is 89.1 Å². The van der Waals surface area contributed by atoms with Crippen LogP contribution in [0.4, 0.5) is 10.1 Å². The van der Waals surface area contributed by atoms with Crippen LogP contribution >= 0.6 is 11.6 Å². The molecule has 1 fully saturated rings. The predicted molar refractivity (Wildman–Crippen MR) is 124 cm³/mol. The molecule has 1 saturated heterocycles. The zero-order valence-electron chi connectivity index (χ0n) is 17.5. The molecular weight excluding hydrogens is 453 g/mol. The summed E-state index contributed by atoms with van der Waals surface area (Å²) < 4.78 is 47.0. The van der Waals surface area contributed by atoms with Crippen LogP contribution in [-0.2, 0) is 15.8 Å². The monoisotopic (exact) mass is 477 g/mol. The van der Waals surface area contributed by atoms with Crippen LogP contribution in [0.2, 0.25) is 5.02 Å². The molecule has 1 aromatic heterocycles. The SMILES string of the molecule is O=S(=O)(Cc1cccc(Cl)c1)NCC(c1ccco1)N1CCN(c2ccc(F)cc2)CC1. The summed E-state index contributed by atoms with van der Waals surface area (Å²) in [6.07, 6.45) is 1.59. The van der Waals surface area contributed by atoms with Crippen molar-refractivity contribution in [1.29, 1.82) is 0 Å². The lowest BCUT2D eigenvalue weighted by Crippen LogP contribution is -2.49. The molecule has 32 heavy (non-hydrogen) atoms. The molecule has 1 aliphatic rings. The number of rotatable bonds is 8. The number of piperazine rings is 1. The van der Waals surface area contributed by atoms with E-state index < -0.39 is 10.0 Å². The van der Waals surface area contributed by atoms with Crippen LogP contribution in [0.25, 0.3) is 0 Å². The Hall–Kier alpha value is -2.39. The fourth-order valence-corrected chi connectivity index (χ4v) is 5.28. The summed E-state index contributed by atoms with van der Waals surface area (Å²) in [7, 11) is -3.56. The van der Waals surface area contributed by atoms with Gasteiger partial charge in [-0.2, -0.15) is 0 Å². The van der Waals surface area contributed by atoms with Gasteiger partial charge in [-0.15, -0.1) is 0 Å². The molecule has 9 heteroatoms. The van der Waals surface area contributed by atoms with E-state index in [4.69, 9.17) is 16.0 Å². The van der Waals surface area contributed by atoms with Crippen LogP contribution in [0, 0.1) is 5.82 Å². The lowest BCUT2D eigenvalue weighted by molar-refractivity contribution is 0.166. The van der Waals surface area contributed by atoms with Crippen LogP contribution in [0.15, 0.2) is 71.3 Å². The number of anilines is 1. The van der Waals surface area contributed by atoms with Crippen molar-refractivity contribution < 1.29 is 17.2 Å². The van der Waals surface area contributed by atoms with Crippen molar-refractivity contribution in [2.75, 3.05) is 37.6 Å². The van der Waals surface area contributed by atoms with E-state index in [0.29, 0.717) is 16.3 Å². The molecule has 6 nitrogen and oxygen atoms in total. The zero-order valence-corrected chi connectivity index (χ0v) is 19.0. The van der Waals surface area contributed by atoms with E-state index in [0.717, 1.165) is 31.9 Å². The van der Waals surface area contributed by atoms with E-state index in [1.807, 2.05) is 6.07 Å². The minimum atomic E-state index is -3.56. The minimum absolute atomic E-state index is 0.142. The van der Waals surface area contributed by atoms with Gasteiger partial charge in [0.05, 0.1) is 18.1 Å². The second-order valence-electron chi connectivity index (χ2n) is 7.77. The Bertz CT molecular complexity index is 1120. The maximum Gasteiger partial charge on any atom is 0.215 e. The first-order valence-electron chi connectivity index (χ1n) is 10.4. The van der Waals surface area contributed by atoms with Crippen LogP contribution < -0.4 is 9.62 Å². The lowest BCUT2D eigenvalue weighted by Gasteiger charge is -2.39. The molecule has 2 aromatic carbocycles. The summed E-state index contributed by atoms with van der Waals surface area (Å²) in [6, 6.07) is 16.8. The number of furan rings is 1. The molecular formula is C23H25ClFN3O3S. The van der Waals surface area contributed by atoms with Crippen molar-refractivity contribution in [2.45, 2.75) is 11.8 Å². The number of sulfonamides is 1. The molecule has 4 rings (SSSR count). The van der Waals surface area contributed by atoms with Crippen molar-refractivity contribution >= 4 is 27.3 Å². The zero-order chi connectivity index (χ0) is 22.6. The number of nitrogens with zero attached hydrogens (tertiary/aromatic N) is 2. The molecule has 1 aliphatic heterocycles. The number of benzene rings is 2. The Morgan fingerprint density at radius 1 is 1.03 bits per heavy atom. The van der Waals surface area contributed by atoms with Crippen LogP contribution in [0.5, 0.6) is 0 Å². The van der Waals surface area contributed by atoms with Gasteiger partial charge in [0.15, 0.2) is 0 Å². The molecule has 0 aliphatic carbocycles. The van der Waals surface area contributed by atoms with Crippen molar-refractivity contribution in [1.82, 2.24) is 9.62 Å². The Labute approximate surface area is 192 Å². The predicted octanol–water partition coefficient (Wildman–Crippen LogP) is 4.06. The van der Waals surface area contributed by atoms with Crippen molar-refractivity contribution in [2.24, 2.45) is 0 Å². The molecule has 0 saturated carbocycles. The first-order valence-corrected chi connectivity index (χ1v) is 12.4. The molecule has 2 heterocycles. The minimum Gasteiger partial charge on any atom is -0.468 e. The highest BCUT2D eigenvalue weighted by atomic mass is 35.5. The van der Waals surface area contributed by atoms with Gasteiger partial charge in [-0.05, 0) is 54.1 Å². The fraction of sp³-hybridized carbons (Fsp3) is 0.304. The molecule has 3 aromatic rings. The lowest BCUT2D eigenvalue weighted by atomic mass is 10.1. The highest BCUT2D eigenvalue weighted by Crippen LogP contribution is 2.25. The van der Waals surface area contributed by atoms with E-state index >= 15 is 0 Å². The molecule has 1 unspecified atom stereocenters. The Morgan fingerprint density at radius 3 is 2.44 bits per heavy atom. The highest BCUT2D eigenvalue weighted by Gasteiger charge is 2.28. The van der Waals surface area contributed by atoms with Crippen LogP contribution in [0.3, 0.4) is 0 Å². The van der Waals surface area contributed by atoms with Crippen LogP contribution in [0.1, 0.15) is 17.4 Å². The van der Waals surface area contributed by atoms with Crippen molar-refractivity contribution in [3.63, 3.8) is 0 Å². The Balaban J connectivity index is 1.40. The smallest absolute Gasteiger partial charge is 0.215 e.